The number of halogens is 3. The van der Waals surface area contributed by atoms with E-state index in [1.807, 2.05) is 39.8 Å². The molecule has 152 valence electrons. The molecular weight excluding hydrogens is 369 g/mol. The summed E-state index contributed by atoms with van der Waals surface area (Å²) in [5, 5.41) is 13.1. The molecule has 0 saturated carbocycles. The van der Waals surface area contributed by atoms with E-state index in [1.165, 1.54) is 18.2 Å². The molecule has 0 fully saturated rings. The average Bonchev–Trinajstić information content (AvgIpc) is 2.59. The Kier molecular flexibility index (Phi) is 6.39. The van der Waals surface area contributed by atoms with Gasteiger partial charge in [0.25, 0.3) is 0 Å². The van der Waals surface area contributed by atoms with Gasteiger partial charge < -0.3 is 15.2 Å². The second-order valence-corrected chi connectivity index (χ2v) is 6.82. The zero-order valence-electron chi connectivity index (χ0n) is 16.6. The predicted octanol–water partition coefficient (Wildman–Crippen LogP) is 5.72. The lowest BCUT2D eigenvalue weighted by Crippen LogP contribution is -2.39. The second kappa shape index (κ2) is 8.22. The Labute approximate surface area is 163 Å². The van der Waals surface area contributed by atoms with Gasteiger partial charge in [0.2, 0.25) is 0 Å². The van der Waals surface area contributed by atoms with Crippen molar-refractivity contribution in [3.63, 3.8) is 0 Å². The summed E-state index contributed by atoms with van der Waals surface area (Å²) >= 11 is 0. The van der Waals surface area contributed by atoms with Gasteiger partial charge >= 0.3 is 6.18 Å². The lowest BCUT2D eigenvalue weighted by molar-refractivity contribution is -0.258. The predicted molar refractivity (Wildman–Crippen MR) is 105 cm³/mol. The highest BCUT2D eigenvalue weighted by atomic mass is 19.4. The van der Waals surface area contributed by atoms with E-state index < -0.39 is 11.8 Å². The molecule has 0 heterocycles. The van der Waals surface area contributed by atoms with E-state index in [9.17, 15) is 18.3 Å². The molecule has 0 radical (unpaired) electrons. The van der Waals surface area contributed by atoms with Crippen LogP contribution in [-0.4, -0.2) is 23.7 Å². The van der Waals surface area contributed by atoms with Crippen molar-refractivity contribution in [1.29, 1.82) is 0 Å². The highest BCUT2D eigenvalue weighted by Gasteiger charge is 2.51. The monoisotopic (exact) mass is 394 g/mol. The lowest BCUT2D eigenvalue weighted by atomic mass is 9.95. The molecule has 0 spiro atoms. The molecule has 2 rings (SSSR count). The smallest absolute Gasteiger partial charge is 0.421 e. The standard InChI is InChI=1S/C21H25F3N2O2/c1-6-25-15(4)26-18-10-14(3)19(11-13(18)2)28-17-9-7-8-16(12-17)20(5,27)21(22,23)24/h7-12,27H,6H2,1-5H3,(H,25,26). The van der Waals surface area contributed by atoms with Crippen molar-refractivity contribution in [1.82, 2.24) is 0 Å². The summed E-state index contributed by atoms with van der Waals surface area (Å²) in [4.78, 5) is 4.29. The molecule has 0 aromatic heterocycles. The number of nitrogens with one attached hydrogen (secondary N) is 1. The summed E-state index contributed by atoms with van der Waals surface area (Å²) in [5.74, 6) is 1.53. The fourth-order valence-electron chi connectivity index (χ4n) is 2.66. The van der Waals surface area contributed by atoms with E-state index in [1.54, 1.807) is 6.07 Å². The molecule has 0 saturated heterocycles. The van der Waals surface area contributed by atoms with Crippen LogP contribution in [0.15, 0.2) is 41.4 Å². The minimum absolute atomic E-state index is 0.217. The van der Waals surface area contributed by atoms with Gasteiger partial charge in [0.15, 0.2) is 5.60 Å². The van der Waals surface area contributed by atoms with Crippen LogP contribution in [0, 0.1) is 13.8 Å². The maximum absolute atomic E-state index is 13.1. The molecule has 2 aromatic rings. The molecule has 0 aliphatic carbocycles. The summed E-state index contributed by atoms with van der Waals surface area (Å²) in [6.07, 6.45) is -4.79. The number of ether oxygens (including phenoxy) is 1. The van der Waals surface area contributed by atoms with Gasteiger partial charge in [-0.1, -0.05) is 12.1 Å². The molecule has 1 atom stereocenters. The van der Waals surface area contributed by atoms with Crippen LogP contribution in [0.3, 0.4) is 0 Å². The van der Waals surface area contributed by atoms with Gasteiger partial charge in [-0.2, -0.15) is 13.2 Å². The van der Waals surface area contributed by atoms with Crippen LogP contribution in [-0.2, 0) is 5.60 Å². The van der Waals surface area contributed by atoms with Crippen LogP contribution in [0.4, 0.5) is 18.9 Å². The largest absolute Gasteiger partial charge is 0.457 e. The van der Waals surface area contributed by atoms with Gasteiger partial charge in [-0.15, -0.1) is 0 Å². The average molecular weight is 394 g/mol. The summed E-state index contributed by atoms with van der Waals surface area (Å²) in [5.41, 5.74) is -0.638. The first-order valence-electron chi connectivity index (χ1n) is 8.92. The molecule has 2 aromatic carbocycles. The summed E-state index contributed by atoms with van der Waals surface area (Å²) < 4.78 is 45.1. The maximum Gasteiger partial charge on any atom is 0.421 e. The zero-order valence-corrected chi connectivity index (χ0v) is 16.6. The Bertz CT molecular complexity index is 874. The first-order valence-corrected chi connectivity index (χ1v) is 8.92. The molecule has 2 N–H and O–H groups in total. The SMILES string of the molecule is CCN=C(C)Nc1cc(C)c(Oc2cccc(C(C)(O)C(F)(F)F)c2)cc1C. The number of anilines is 1. The fourth-order valence-corrected chi connectivity index (χ4v) is 2.66. The van der Waals surface area contributed by atoms with E-state index in [4.69, 9.17) is 4.74 Å². The van der Waals surface area contributed by atoms with Crippen LogP contribution < -0.4 is 10.1 Å². The van der Waals surface area contributed by atoms with Crippen LogP contribution in [0.1, 0.15) is 37.5 Å². The maximum atomic E-state index is 13.1. The van der Waals surface area contributed by atoms with Gasteiger partial charge in [0, 0.05) is 12.2 Å². The van der Waals surface area contributed by atoms with Gasteiger partial charge in [0.1, 0.15) is 11.5 Å². The Hall–Kier alpha value is -2.54. The number of benzene rings is 2. The van der Waals surface area contributed by atoms with Gasteiger partial charge in [-0.05, 0) is 75.6 Å². The third-order valence-corrected chi connectivity index (χ3v) is 4.41. The Morgan fingerprint density at radius 2 is 1.82 bits per heavy atom. The molecule has 0 bridgehead atoms. The molecule has 0 aliphatic rings. The minimum Gasteiger partial charge on any atom is -0.457 e. The fraction of sp³-hybridized carbons (Fsp3) is 0.381. The first-order chi connectivity index (χ1) is 13.0. The van der Waals surface area contributed by atoms with Crippen molar-refractivity contribution < 1.29 is 23.0 Å². The van der Waals surface area contributed by atoms with E-state index in [0.29, 0.717) is 12.3 Å². The van der Waals surface area contributed by atoms with Crippen molar-refractivity contribution in [2.24, 2.45) is 4.99 Å². The number of hydrogen-bond donors (Lipinski definition) is 2. The van der Waals surface area contributed by atoms with Gasteiger partial charge in [-0.25, -0.2) is 0 Å². The van der Waals surface area contributed by atoms with Crippen LogP contribution in [0.5, 0.6) is 11.5 Å². The Balaban J connectivity index is 2.31. The number of aliphatic hydroxyl groups is 1. The zero-order chi connectivity index (χ0) is 21.1. The number of rotatable bonds is 5. The number of nitrogens with zero attached hydrogens (tertiary/aromatic N) is 1. The van der Waals surface area contributed by atoms with Gasteiger partial charge in [-0.3, -0.25) is 4.99 Å². The third kappa shape index (κ3) is 4.84. The number of amidine groups is 1. The minimum atomic E-state index is -4.79. The number of hydrogen-bond acceptors (Lipinski definition) is 3. The number of aliphatic imine (C=N–C) groups is 1. The van der Waals surface area contributed by atoms with Crippen molar-refractivity contribution in [2.45, 2.75) is 46.4 Å². The summed E-state index contributed by atoms with van der Waals surface area (Å²) in [7, 11) is 0. The second-order valence-electron chi connectivity index (χ2n) is 6.82. The van der Waals surface area contributed by atoms with Crippen molar-refractivity contribution in [3.8, 4) is 11.5 Å². The molecule has 28 heavy (non-hydrogen) atoms. The molecule has 4 nitrogen and oxygen atoms in total. The Morgan fingerprint density at radius 3 is 2.43 bits per heavy atom. The van der Waals surface area contributed by atoms with Crippen molar-refractivity contribution in [3.05, 3.63) is 53.1 Å². The lowest BCUT2D eigenvalue weighted by Gasteiger charge is -2.27. The number of alkyl halides is 3. The van der Waals surface area contributed by atoms with Crippen molar-refractivity contribution >= 4 is 11.5 Å². The normalized spacial score (nSPS) is 14.5. The van der Waals surface area contributed by atoms with Crippen LogP contribution in [0.25, 0.3) is 0 Å². The topological polar surface area (TPSA) is 53.9 Å². The van der Waals surface area contributed by atoms with Crippen LogP contribution in [0.2, 0.25) is 0 Å². The van der Waals surface area contributed by atoms with E-state index in [-0.39, 0.29) is 11.3 Å². The molecule has 7 heteroatoms. The molecule has 0 aliphatic heterocycles. The molecule has 1 unspecified atom stereocenters. The van der Waals surface area contributed by atoms with E-state index >= 15 is 0 Å². The quantitative estimate of drug-likeness (QED) is 0.504. The van der Waals surface area contributed by atoms with E-state index in [0.717, 1.165) is 29.6 Å². The van der Waals surface area contributed by atoms with Gasteiger partial charge in [0.05, 0.1) is 5.84 Å². The Morgan fingerprint density at radius 1 is 1.14 bits per heavy atom. The summed E-state index contributed by atoms with van der Waals surface area (Å²) in [6.45, 7) is 8.98. The highest BCUT2D eigenvalue weighted by molar-refractivity contribution is 5.94. The third-order valence-electron chi connectivity index (χ3n) is 4.41. The molecular formula is C21H25F3N2O2. The van der Waals surface area contributed by atoms with Crippen molar-refractivity contribution in [2.75, 3.05) is 11.9 Å². The summed E-state index contributed by atoms with van der Waals surface area (Å²) in [6, 6.07) is 9.11. The first kappa shape index (κ1) is 21.8. The highest BCUT2D eigenvalue weighted by Crippen LogP contribution is 2.40. The molecule has 0 amide bonds. The van der Waals surface area contributed by atoms with E-state index in [2.05, 4.69) is 10.3 Å². The van der Waals surface area contributed by atoms with Crippen LogP contribution >= 0.6 is 0 Å². The number of aryl methyl sites for hydroxylation is 2.